The summed E-state index contributed by atoms with van der Waals surface area (Å²) in [7, 11) is -3.78. The summed E-state index contributed by atoms with van der Waals surface area (Å²) >= 11 is 0. The molecule has 0 aliphatic carbocycles. The Balaban J connectivity index is 1.96. The van der Waals surface area contributed by atoms with E-state index in [0.29, 0.717) is 12.5 Å². The summed E-state index contributed by atoms with van der Waals surface area (Å²) in [5, 5.41) is 3.83. The number of nitrogens with one attached hydrogen (secondary N) is 1. The number of halogens is 1. The molecule has 0 bridgehead atoms. The fraction of sp³-hybridized carbons (Fsp3) is 0.300. The molecule has 0 fully saturated rings. The van der Waals surface area contributed by atoms with Crippen molar-refractivity contribution >= 4 is 27.8 Å². The van der Waals surface area contributed by atoms with E-state index in [1.165, 1.54) is 24.4 Å². The van der Waals surface area contributed by atoms with Crippen molar-refractivity contribution in [3.05, 3.63) is 59.9 Å². The van der Waals surface area contributed by atoms with E-state index in [1.807, 2.05) is 0 Å². The van der Waals surface area contributed by atoms with Gasteiger partial charge in [0.25, 0.3) is 5.91 Å². The first-order valence-electron chi connectivity index (χ1n) is 8.93. The second-order valence-electron chi connectivity index (χ2n) is 6.82. The third-order valence-corrected chi connectivity index (χ3v) is 4.79. The lowest BCUT2D eigenvalue weighted by Crippen LogP contribution is -2.39. The predicted octanol–water partition coefficient (Wildman–Crippen LogP) is 2.78. The van der Waals surface area contributed by atoms with Crippen LogP contribution in [0.3, 0.4) is 0 Å². The highest BCUT2D eigenvalue weighted by molar-refractivity contribution is 7.92. The van der Waals surface area contributed by atoms with Gasteiger partial charge >= 0.3 is 0 Å². The van der Waals surface area contributed by atoms with Crippen LogP contribution in [0.15, 0.2) is 53.6 Å². The molecule has 1 N–H and O–H groups in total. The molecule has 0 spiro atoms. The first-order valence-corrected chi connectivity index (χ1v) is 10.8. The molecule has 0 aliphatic heterocycles. The van der Waals surface area contributed by atoms with Crippen molar-refractivity contribution in [1.29, 1.82) is 0 Å². The van der Waals surface area contributed by atoms with Gasteiger partial charge in [-0.25, -0.2) is 18.2 Å². The van der Waals surface area contributed by atoms with E-state index in [9.17, 15) is 17.6 Å². The van der Waals surface area contributed by atoms with Gasteiger partial charge in [0.1, 0.15) is 18.1 Å². The maximum absolute atomic E-state index is 13.4. The number of hydrogen-bond donors (Lipinski definition) is 1. The molecule has 1 amide bonds. The van der Waals surface area contributed by atoms with Crippen LogP contribution in [0.2, 0.25) is 0 Å². The minimum Gasteiger partial charge on any atom is -0.493 e. The van der Waals surface area contributed by atoms with Gasteiger partial charge in [-0.2, -0.15) is 5.10 Å². The number of amides is 1. The van der Waals surface area contributed by atoms with E-state index in [1.54, 1.807) is 24.3 Å². The predicted molar refractivity (Wildman–Crippen MR) is 111 cm³/mol. The molecule has 0 aromatic heterocycles. The van der Waals surface area contributed by atoms with Gasteiger partial charge in [0.2, 0.25) is 10.0 Å². The van der Waals surface area contributed by atoms with Gasteiger partial charge in [-0.15, -0.1) is 0 Å². The largest absolute Gasteiger partial charge is 0.493 e. The number of nitrogens with zero attached hydrogens (tertiary/aromatic N) is 2. The first-order chi connectivity index (χ1) is 13.6. The summed E-state index contributed by atoms with van der Waals surface area (Å²) in [6, 6.07) is 12.1. The SMILES string of the molecule is CC(C)COc1ccc(/C=N\NC(=O)CN(c2cccc(F)c2)S(C)(=O)=O)cc1. The summed E-state index contributed by atoms with van der Waals surface area (Å²) in [5.41, 5.74) is 3.06. The fourth-order valence-electron chi connectivity index (χ4n) is 2.29. The van der Waals surface area contributed by atoms with E-state index < -0.39 is 28.3 Å². The van der Waals surface area contributed by atoms with Crippen LogP contribution in [-0.2, 0) is 14.8 Å². The molecule has 0 atom stereocenters. The highest BCUT2D eigenvalue weighted by Crippen LogP contribution is 2.18. The van der Waals surface area contributed by atoms with Gasteiger partial charge in [-0.3, -0.25) is 9.10 Å². The Labute approximate surface area is 170 Å². The number of rotatable bonds is 9. The number of benzene rings is 2. The summed E-state index contributed by atoms with van der Waals surface area (Å²) < 4.78 is 43.7. The molecule has 156 valence electrons. The summed E-state index contributed by atoms with van der Waals surface area (Å²) in [6.45, 7) is 4.21. The maximum Gasteiger partial charge on any atom is 0.260 e. The van der Waals surface area contributed by atoms with Crippen molar-refractivity contribution in [2.45, 2.75) is 13.8 Å². The minimum atomic E-state index is -3.78. The molecule has 0 heterocycles. The van der Waals surface area contributed by atoms with Gasteiger partial charge in [0.05, 0.1) is 24.8 Å². The molecule has 29 heavy (non-hydrogen) atoms. The van der Waals surface area contributed by atoms with Gasteiger partial charge in [0.15, 0.2) is 0 Å². The molecule has 0 aliphatic rings. The Morgan fingerprint density at radius 1 is 1.24 bits per heavy atom. The molecule has 2 aromatic carbocycles. The normalized spacial score (nSPS) is 11.6. The lowest BCUT2D eigenvalue weighted by atomic mass is 10.2. The molecule has 0 saturated heterocycles. The highest BCUT2D eigenvalue weighted by atomic mass is 32.2. The summed E-state index contributed by atoms with van der Waals surface area (Å²) in [5.74, 6) is -0.104. The molecule has 2 rings (SSSR count). The van der Waals surface area contributed by atoms with Crippen LogP contribution in [0.25, 0.3) is 0 Å². The maximum atomic E-state index is 13.4. The standard InChI is InChI=1S/C20H24FN3O4S/c1-15(2)14-28-19-9-7-16(8-10-19)12-22-23-20(25)13-24(29(3,26)27)18-6-4-5-17(21)11-18/h4-12,15H,13-14H2,1-3H3,(H,23,25)/b22-12-. The number of ether oxygens (including phenoxy) is 1. The van der Waals surface area contributed by atoms with Gasteiger partial charge in [-0.05, 0) is 53.9 Å². The van der Waals surface area contributed by atoms with Crippen molar-refractivity contribution in [3.63, 3.8) is 0 Å². The second kappa shape index (κ2) is 10.0. The van der Waals surface area contributed by atoms with Crippen LogP contribution in [0.5, 0.6) is 5.75 Å². The quantitative estimate of drug-likeness (QED) is 0.498. The minimum absolute atomic E-state index is 0.0589. The van der Waals surface area contributed by atoms with Crippen LogP contribution in [0.4, 0.5) is 10.1 Å². The Kier molecular flexibility index (Phi) is 7.72. The third kappa shape index (κ3) is 7.53. The molecule has 0 radical (unpaired) electrons. The molecular weight excluding hydrogens is 397 g/mol. The summed E-state index contributed by atoms with van der Waals surface area (Å²) in [6.07, 6.45) is 2.37. The lowest BCUT2D eigenvalue weighted by Gasteiger charge is -2.21. The zero-order valence-corrected chi connectivity index (χ0v) is 17.3. The smallest absolute Gasteiger partial charge is 0.260 e. The van der Waals surface area contributed by atoms with Gasteiger partial charge in [-0.1, -0.05) is 19.9 Å². The third-order valence-electron chi connectivity index (χ3n) is 3.65. The molecule has 0 unspecified atom stereocenters. The number of sulfonamides is 1. The van der Waals surface area contributed by atoms with Crippen molar-refractivity contribution in [2.75, 3.05) is 23.7 Å². The Morgan fingerprint density at radius 2 is 1.93 bits per heavy atom. The Bertz CT molecular complexity index is 960. The number of carbonyl (C=O) groups excluding carboxylic acids is 1. The number of hydrazone groups is 1. The monoisotopic (exact) mass is 421 g/mol. The average molecular weight is 421 g/mol. The number of carbonyl (C=O) groups is 1. The average Bonchev–Trinajstić information content (AvgIpc) is 2.64. The molecular formula is C20H24FN3O4S. The number of anilines is 1. The summed E-state index contributed by atoms with van der Waals surface area (Å²) in [4.78, 5) is 12.1. The van der Waals surface area contributed by atoms with Crippen molar-refractivity contribution in [2.24, 2.45) is 11.0 Å². The van der Waals surface area contributed by atoms with Crippen molar-refractivity contribution in [3.8, 4) is 5.75 Å². The molecule has 7 nitrogen and oxygen atoms in total. The van der Waals surface area contributed by atoms with E-state index in [-0.39, 0.29) is 5.69 Å². The van der Waals surface area contributed by atoms with Crippen LogP contribution in [0.1, 0.15) is 19.4 Å². The van der Waals surface area contributed by atoms with E-state index in [4.69, 9.17) is 4.74 Å². The topological polar surface area (TPSA) is 88.1 Å². The van der Waals surface area contributed by atoms with Crippen LogP contribution >= 0.6 is 0 Å². The zero-order valence-electron chi connectivity index (χ0n) is 16.5. The van der Waals surface area contributed by atoms with Crippen molar-refractivity contribution < 1.29 is 22.3 Å². The molecule has 0 saturated carbocycles. The van der Waals surface area contributed by atoms with Crippen LogP contribution in [-0.4, -0.2) is 39.9 Å². The van der Waals surface area contributed by atoms with Gasteiger partial charge in [0, 0.05) is 0 Å². The molecule has 9 heteroatoms. The van der Waals surface area contributed by atoms with E-state index in [0.717, 1.165) is 27.9 Å². The fourth-order valence-corrected chi connectivity index (χ4v) is 3.14. The number of hydrogen-bond acceptors (Lipinski definition) is 5. The lowest BCUT2D eigenvalue weighted by molar-refractivity contribution is -0.119. The Morgan fingerprint density at radius 3 is 2.52 bits per heavy atom. The van der Waals surface area contributed by atoms with Crippen LogP contribution < -0.4 is 14.5 Å². The Hall–Kier alpha value is -2.94. The van der Waals surface area contributed by atoms with Crippen molar-refractivity contribution in [1.82, 2.24) is 5.43 Å². The van der Waals surface area contributed by atoms with E-state index in [2.05, 4.69) is 24.4 Å². The highest BCUT2D eigenvalue weighted by Gasteiger charge is 2.21. The molecule has 2 aromatic rings. The second-order valence-corrected chi connectivity index (χ2v) is 8.72. The van der Waals surface area contributed by atoms with E-state index >= 15 is 0 Å². The first kappa shape index (κ1) is 22.4. The van der Waals surface area contributed by atoms with Crippen LogP contribution in [0, 0.1) is 11.7 Å². The zero-order chi connectivity index (χ0) is 21.4. The van der Waals surface area contributed by atoms with Gasteiger partial charge < -0.3 is 4.74 Å².